The summed E-state index contributed by atoms with van der Waals surface area (Å²) >= 11 is 0. The Hall–Kier alpha value is -1.83. The Morgan fingerprint density at radius 2 is 2.12 bits per heavy atom. The van der Waals surface area contributed by atoms with Crippen molar-refractivity contribution in [1.29, 1.82) is 0 Å². The van der Waals surface area contributed by atoms with Crippen LogP contribution < -0.4 is 5.73 Å². The predicted octanol–water partition coefficient (Wildman–Crippen LogP) is 3.05. The van der Waals surface area contributed by atoms with Crippen molar-refractivity contribution in [3.05, 3.63) is 58.9 Å². The molecule has 1 aromatic carbocycles. The Labute approximate surface area is 102 Å². The zero-order valence-electron chi connectivity index (χ0n) is 9.98. The molecule has 1 unspecified atom stereocenters. The number of pyridine rings is 1. The highest BCUT2D eigenvalue weighted by atomic mass is 14.7. The summed E-state index contributed by atoms with van der Waals surface area (Å²) < 4.78 is 0. The third kappa shape index (κ3) is 1.60. The van der Waals surface area contributed by atoms with E-state index in [9.17, 15) is 0 Å². The summed E-state index contributed by atoms with van der Waals surface area (Å²) in [6.07, 6.45) is 4.16. The number of nitrogens with two attached hydrogens (primary N) is 1. The predicted molar refractivity (Wildman–Crippen MR) is 70.0 cm³/mol. The molecule has 0 fully saturated rings. The fourth-order valence-electron chi connectivity index (χ4n) is 2.76. The Balaban J connectivity index is 2.10. The van der Waals surface area contributed by atoms with Crippen molar-refractivity contribution in [2.24, 2.45) is 0 Å². The number of rotatable bonds is 1. The van der Waals surface area contributed by atoms with Gasteiger partial charge < -0.3 is 5.73 Å². The summed E-state index contributed by atoms with van der Waals surface area (Å²) in [6.45, 7) is 2.10. The van der Waals surface area contributed by atoms with E-state index in [2.05, 4.69) is 24.0 Å². The van der Waals surface area contributed by atoms with Crippen LogP contribution in [-0.4, -0.2) is 4.98 Å². The smallest absolute Gasteiger partial charge is 0.0510 e. The molecule has 2 heteroatoms. The molecule has 1 aromatic heterocycles. The van der Waals surface area contributed by atoms with Crippen LogP contribution in [0.1, 0.15) is 34.7 Å². The minimum absolute atomic E-state index is 0.426. The first-order valence-electron chi connectivity index (χ1n) is 6.06. The lowest BCUT2D eigenvalue weighted by Gasteiger charge is -2.15. The molecule has 2 N–H and O–H groups in total. The third-order valence-corrected chi connectivity index (χ3v) is 3.75. The van der Waals surface area contributed by atoms with Gasteiger partial charge in [-0.1, -0.05) is 18.2 Å². The second-order valence-electron chi connectivity index (χ2n) is 4.70. The van der Waals surface area contributed by atoms with Crippen molar-refractivity contribution < 1.29 is 0 Å². The summed E-state index contributed by atoms with van der Waals surface area (Å²) in [5.41, 5.74) is 12.0. The van der Waals surface area contributed by atoms with E-state index in [1.165, 1.54) is 22.4 Å². The summed E-state index contributed by atoms with van der Waals surface area (Å²) in [5.74, 6) is 0.426. The highest BCUT2D eigenvalue weighted by Gasteiger charge is 2.26. The van der Waals surface area contributed by atoms with E-state index >= 15 is 0 Å². The average Bonchev–Trinajstić information content (AvgIpc) is 2.77. The zero-order valence-corrected chi connectivity index (χ0v) is 9.98. The number of aromatic nitrogens is 1. The molecule has 0 saturated carbocycles. The molecular formula is C15H16N2. The van der Waals surface area contributed by atoms with Gasteiger partial charge in [0.2, 0.25) is 0 Å². The molecule has 17 heavy (non-hydrogen) atoms. The number of benzene rings is 1. The quantitative estimate of drug-likeness (QED) is 0.756. The molecule has 2 nitrogen and oxygen atoms in total. The fraction of sp³-hybridized carbons (Fsp3) is 0.267. The minimum Gasteiger partial charge on any atom is -0.399 e. The number of nitrogens with zero attached hydrogens (tertiary/aromatic N) is 1. The highest BCUT2D eigenvalue weighted by Crippen LogP contribution is 2.38. The van der Waals surface area contributed by atoms with Gasteiger partial charge in [0, 0.05) is 17.8 Å². The lowest BCUT2D eigenvalue weighted by Crippen LogP contribution is -2.03. The number of hydrogen-bond acceptors (Lipinski definition) is 2. The monoisotopic (exact) mass is 224 g/mol. The molecule has 0 radical (unpaired) electrons. The van der Waals surface area contributed by atoms with Crippen molar-refractivity contribution >= 4 is 5.69 Å². The van der Waals surface area contributed by atoms with Crippen LogP contribution in [0.25, 0.3) is 0 Å². The Kier molecular flexibility index (Phi) is 2.36. The minimum atomic E-state index is 0.426. The van der Waals surface area contributed by atoms with Gasteiger partial charge in [0.05, 0.1) is 5.69 Å². The maximum Gasteiger partial charge on any atom is 0.0510 e. The molecule has 86 valence electrons. The van der Waals surface area contributed by atoms with Gasteiger partial charge in [-0.25, -0.2) is 0 Å². The van der Waals surface area contributed by atoms with Crippen LogP contribution in [0.5, 0.6) is 0 Å². The van der Waals surface area contributed by atoms with E-state index in [-0.39, 0.29) is 0 Å². The van der Waals surface area contributed by atoms with E-state index in [0.717, 1.165) is 18.5 Å². The molecule has 2 aromatic rings. The number of nitrogen functional groups attached to an aromatic ring is 1. The lowest BCUT2D eigenvalue weighted by molar-refractivity contribution is 0.767. The van der Waals surface area contributed by atoms with Gasteiger partial charge in [-0.15, -0.1) is 0 Å². The molecule has 1 aliphatic rings. The molecule has 0 aliphatic heterocycles. The van der Waals surface area contributed by atoms with Gasteiger partial charge >= 0.3 is 0 Å². The van der Waals surface area contributed by atoms with Gasteiger partial charge in [0.1, 0.15) is 0 Å². The Bertz CT molecular complexity index is 561. The van der Waals surface area contributed by atoms with Gasteiger partial charge in [0.15, 0.2) is 0 Å². The maximum atomic E-state index is 5.99. The number of aryl methyl sites for hydroxylation is 1. The van der Waals surface area contributed by atoms with E-state index in [4.69, 9.17) is 5.73 Å². The molecule has 3 rings (SSSR count). The SMILES string of the molecule is Cc1c(N)cccc1C1CCc2cccnc21. The molecule has 1 aliphatic carbocycles. The van der Waals surface area contributed by atoms with Crippen molar-refractivity contribution in [3.8, 4) is 0 Å². The topological polar surface area (TPSA) is 38.9 Å². The number of hydrogen-bond donors (Lipinski definition) is 1. The van der Waals surface area contributed by atoms with Crippen LogP contribution in [0.2, 0.25) is 0 Å². The third-order valence-electron chi connectivity index (χ3n) is 3.75. The number of anilines is 1. The van der Waals surface area contributed by atoms with Crippen LogP contribution in [0.4, 0.5) is 5.69 Å². The summed E-state index contributed by atoms with van der Waals surface area (Å²) in [7, 11) is 0. The summed E-state index contributed by atoms with van der Waals surface area (Å²) in [4.78, 5) is 4.55. The summed E-state index contributed by atoms with van der Waals surface area (Å²) in [6, 6.07) is 10.4. The van der Waals surface area contributed by atoms with Crippen LogP contribution in [0, 0.1) is 6.92 Å². The first-order chi connectivity index (χ1) is 8.27. The lowest BCUT2D eigenvalue weighted by atomic mass is 9.92. The molecule has 0 amide bonds. The molecule has 1 heterocycles. The van der Waals surface area contributed by atoms with E-state index < -0.39 is 0 Å². The first-order valence-corrected chi connectivity index (χ1v) is 6.06. The van der Waals surface area contributed by atoms with Crippen LogP contribution in [-0.2, 0) is 6.42 Å². The molecule has 1 atom stereocenters. The van der Waals surface area contributed by atoms with E-state index in [1.807, 2.05) is 24.4 Å². The van der Waals surface area contributed by atoms with Crippen molar-refractivity contribution in [1.82, 2.24) is 4.98 Å². The largest absolute Gasteiger partial charge is 0.399 e. The normalized spacial score (nSPS) is 18.1. The van der Waals surface area contributed by atoms with E-state index in [0.29, 0.717) is 5.92 Å². The fourth-order valence-corrected chi connectivity index (χ4v) is 2.76. The van der Waals surface area contributed by atoms with Gasteiger partial charge in [-0.05, 0) is 48.6 Å². The second-order valence-corrected chi connectivity index (χ2v) is 4.70. The number of fused-ring (bicyclic) bond motifs is 1. The zero-order chi connectivity index (χ0) is 11.8. The first kappa shape index (κ1) is 10.3. The van der Waals surface area contributed by atoms with Gasteiger partial charge in [-0.2, -0.15) is 0 Å². The summed E-state index contributed by atoms with van der Waals surface area (Å²) in [5, 5.41) is 0. The molecule has 0 saturated heterocycles. The van der Waals surface area contributed by atoms with Crippen LogP contribution in [0.15, 0.2) is 36.5 Å². The highest BCUT2D eigenvalue weighted by molar-refractivity contribution is 5.53. The molecule has 0 spiro atoms. The van der Waals surface area contributed by atoms with Gasteiger partial charge in [0.25, 0.3) is 0 Å². The molecular weight excluding hydrogens is 208 g/mol. The van der Waals surface area contributed by atoms with Crippen molar-refractivity contribution in [2.45, 2.75) is 25.7 Å². The van der Waals surface area contributed by atoms with Crippen LogP contribution in [0.3, 0.4) is 0 Å². The van der Waals surface area contributed by atoms with E-state index in [1.54, 1.807) is 0 Å². The van der Waals surface area contributed by atoms with Crippen LogP contribution >= 0.6 is 0 Å². The van der Waals surface area contributed by atoms with Gasteiger partial charge in [-0.3, -0.25) is 4.98 Å². The molecule has 0 bridgehead atoms. The Morgan fingerprint density at radius 1 is 1.24 bits per heavy atom. The van der Waals surface area contributed by atoms with Crippen molar-refractivity contribution in [2.75, 3.05) is 5.73 Å². The standard InChI is InChI=1S/C15H16N2/c1-10-12(5-2-6-14(10)16)13-8-7-11-4-3-9-17-15(11)13/h2-6,9,13H,7-8,16H2,1H3. The van der Waals surface area contributed by atoms with Crippen molar-refractivity contribution in [3.63, 3.8) is 0 Å². The Morgan fingerprint density at radius 3 is 3.00 bits per heavy atom. The second kappa shape index (κ2) is 3.88. The maximum absolute atomic E-state index is 5.99. The average molecular weight is 224 g/mol.